The summed E-state index contributed by atoms with van der Waals surface area (Å²) >= 11 is 0. The zero-order valence-electron chi connectivity index (χ0n) is 10.9. The number of amides is 1. The largest absolute Gasteiger partial charge is 0.396 e. The van der Waals surface area contributed by atoms with E-state index in [4.69, 9.17) is 5.11 Å². The first-order valence-electron chi connectivity index (χ1n) is 6.48. The average Bonchev–Trinajstić information content (AvgIpc) is 3.16. The standard InChI is InChI=1S/C14H20N2O2.ClH/c17-8-7-11-3-5-13(6-4-11)16-14(18)10-15-9-12-1-2-12;/h3-6,12,15,17H,1-2,7-10H2,(H,16,18);1H. The van der Waals surface area contributed by atoms with Gasteiger partial charge in [0.05, 0.1) is 6.54 Å². The Kier molecular flexibility index (Phi) is 6.84. The predicted octanol–water partition coefficient (Wildman–Crippen LogP) is 1.58. The Balaban J connectivity index is 0.00000180. The highest BCUT2D eigenvalue weighted by Crippen LogP contribution is 2.27. The fraction of sp³-hybridized carbons (Fsp3) is 0.500. The highest BCUT2D eigenvalue weighted by Gasteiger charge is 2.20. The number of carbonyl (C=O) groups is 1. The summed E-state index contributed by atoms with van der Waals surface area (Å²) in [5.74, 6) is 0.779. The van der Waals surface area contributed by atoms with E-state index in [0.29, 0.717) is 13.0 Å². The first-order chi connectivity index (χ1) is 8.78. The molecule has 19 heavy (non-hydrogen) atoms. The second kappa shape index (κ2) is 8.15. The van der Waals surface area contributed by atoms with Crippen molar-refractivity contribution < 1.29 is 9.90 Å². The van der Waals surface area contributed by atoms with Crippen LogP contribution in [0.1, 0.15) is 18.4 Å². The van der Waals surface area contributed by atoms with E-state index in [1.165, 1.54) is 12.8 Å². The van der Waals surface area contributed by atoms with Crippen LogP contribution in [0.25, 0.3) is 0 Å². The zero-order valence-corrected chi connectivity index (χ0v) is 11.7. The number of hydrogen-bond acceptors (Lipinski definition) is 3. The molecule has 4 nitrogen and oxygen atoms in total. The first-order valence-corrected chi connectivity index (χ1v) is 6.48. The maximum Gasteiger partial charge on any atom is 0.238 e. The topological polar surface area (TPSA) is 61.4 Å². The van der Waals surface area contributed by atoms with Gasteiger partial charge in [0.1, 0.15) is 0 Å². The molecule has 1 aromatic carbocycles. The van der Waals surface area contributed by atoms with Crippen molar-refractivity contribution in [3.8, 4) is 0 Å². The molecule has 0 radical (unpaired) electrons. The van der Waals surface area contributed by atoms with Crippen LogP contribution in [0.2, 0.25) is 0 Å². The second-order valence-electron chi connectivity index (χ2n) is 4.79. The minimum atomic E-state index is -0.00874. The molecule has 1 amide bonds. The summed E-state index contributed by atoms with van der Waals surface area (Å²) in [6.07, 6.45) is 3.24. The van der Waals surface area contributed by atoms with Gasteiger partial charge in [-0.05, 0) is 49.4 Å². The third-order valence-electron chi connectivity index (χ3n) is 3.05. The molecule has 0 aromatic heterocycles. The highest BCUT2D eigenvalue weighted by atomic mass is 35.5. The lowest BCUT2D eigenvalue weighted by Crippen LogP contribution is -2.29. The molecule has 1 aliphatic rings. The zero-order chi connectivity index (χ0) is 12.8. The molecular formula is C14H21ClN2O2. The third-order valence-corrected chi connectivity index (χ3v) is 3.05. The van der Waals surface area contributed by atoms with Gasteiger partial charge in [0, 0.05) is 12.3 Å². The van der Waals surface area contributed by atoms with Crippen LogP contribution in [0.3, 0.4) is 0 Å². The van der Waals surface area contributed by atoms with Gasteiger partial charge in [-0.3, -0.25) is 4.79 Å². The molecule has 5 heteroatoms. The van der Waals surface area contributed by atoms with Crippen molar-refractivity contribution in [3.05, 3.63) is 29.8 Å². The summed E-state index contributed by atoms with van der Waals surface area (Å²) in [4.78, 5) is 11.6. The number of nitrogens with one attached hydrogen (secondary N) is 2. The Hall–Kier alpha value is -1.10. The van der Waals surface area contributed by atoms with E-state index in [-0.39, 0.29) is 24.9 Å². The van der Waals surface area contributed by atoms with Crippen molar-refractivity contribution in [3.63, 3.8) is 0 Å². The number of anilines is 1. The van der Waals surface area contributed by atoms with Crippen LogP contribution in [-0.2, 0) is 11.2 Å². The summed E-state index contributed by atoms with van der Waals surface area (Å²) in [5, 5.41) is 14.8. The Bertz CT molecular complexity index is 391. The molecule has 1 fully saturated rings. The van der Waals surface area contributed by atoms with Crippen molar-refractivity contribution in [2.75, 3.05) is 25.0 Å². The monoisotopic (exact) mass is 284 g/mol. The fourth-order valence-corrected chi connectivity index (χ4v) is 1.80. The highest BCUT2D eigenvalue weighted by molar-refractivity contribution is 5.92. The van der Waals surface area contributed by atoms with Crippen LogP contribution in [0.4, 0.5) is 5.69 Å². The molecule has 2 rings (SSSR count). The summed E-state index contributed by atoms with van der Waals surface area (Å²) in [6, 6.07) is 7.57. The van der Waals surface area contributed by atoms with Crippen molar-refractivity contribution in [2.45, 2.75) is 19.3 Å². The molecule has 1 aliphatic carbocycles. The Morgan fingerprint density at radius 1 is 1.26 bits per heavy atom. The number of halogens is 1. The van der Waals surface area contributed by atoms with Gasteiger partial charge in [-0.25, -0.2) is 0 Å². The summed E-state index contributed by atoms with van der Waals surface area (Å²) < 4.78 is 0. The maximum atomic E-state index is 11.6. The van der Waals surface area contributed by atoms with E-state index in [0.717, 1.165) is 23.7 Å². The van der Waals surface area contributed by atoms with Crippen LogP contribution >= 0.6 is 12.4 Å². The molecular weight excluding hydrogens is 264 g/mol. The number of benzene rings is 1. The van der Waals surface area contributed by atoms with E-state index in [9.17, 15) is 4.79 Å². The summed E-state index contributed by atoms with van der Waals surface area (Å²) in [7, 11) is 0. The Labute approximate surface area is 120 Å². The molecule has 0 spiro atoms. The summed E-state index contributed by atoms with van der Waals surface area (Å²) in [6.45, 7) is 1.47. The van der Waals surface area contributed by atoms with Crippen LogP contribution in [0.15, 0.2) is 24.3 Å². The van der Waals surface area contributed by atoms with Gasteiger partial charge in [0.15, 0.2) is 0 Å². The van der Waals surface area contributed by atoms with Crippen molar-refractivity contribution in [1.29, 1.82) is 0 Å². The predicted molar refractivity (Wildman–Crippen MR) is 78.7 cm³/mol. The number of carbonyl (C=O) groups excluding carboxylic acids is 1. The van der Waals surface area contributed by atoms with Crippen LogP contribution in [0, 0.1) is 5.92 Å². The maximum absolute atomic E-state index is 11.6. The quantitative estimate of drug-likeness (QED) is 0.712. The van der Waals surface area contributed by atoms with Gasteiger partial charge < -0.3 is 15.7 Å². The van der Waals surface area contributed by atoms with Gasteiger partial charge in [0.2, 0.25) is 5.91 Å². The number of hydrogen-bond donors (Lipinski definition) is 3. The van der Waals surface area contributed by atoms with Crippen LogP contribution in [-0.4, -0.2) is 30.7 Å². The molecule has 0 saturated heterocycles. The van der Waals surface area contributed by atoms with Crippen molar-refractivity contribution in [1.82, 2.24) is 5.32 Å². The molecule has 0 atom stereocenters. The van der Waals surface area contributed by atoms with E-state index in [1.807, 2.05) is 24.3 Å². The molecule has 0 bridgehead atoms. The summed E-state index contributed by atoms with van der Waals surface area (Å²) in [5.41, 5.74) is 1.87. The fourth-order valence-electron chi connectivity index (χ4n) is 1.80. The lowest BCUT2D eigenvalue weighted by atomic mass is 10.1. The van der Waals surface area contributed by atoms with Crippen LogP contribution < -0.4 is 10.6 Å². The molecule has 0 heterocycles. The van der Waals surface area contributed by atoms with Gasteiger partial charge in [-0.1, -0.05) is 12.1 Å². The SMILES string of the molecule is Cl.O=C(CNCC1CC1)Nc1ccc(CCO)cc1. The van der Waals surface area contributed by atoms with E-state index < -0.39 is 0 Å². The van der Waals surface area contributed by atoms with Gasteiger partial charge >= 0.3 is 0 Å². The Morgan fingerprint density at radius 3 is 2.53 bits per heavy atom. The van der Waals surface area contributed by atoms with E-state index in [1.54, 1.807) is 0 Å². The molecule has 1 saturated carbocycles. The van der Waals surface area contributed by atoms with Gasteiger partial charge in [-0.15, -0.1) is 12.4 Å². The van der Waals surface area contributed by atoms with E-state index in [2.05, 4.69) is 10.6 Å². The average molecular weight is 285 g/mol. The van der Waals surface area contributed by atoms with Gasteiger partial charge in [0.25, 0.3) is 0 Å². The van der Waals surface area contributed by atoms with Crippen molar-refractivity contribution >= 4 is 24.0 Å². The minimum absolute atomic E-state index is 0. The van der Waals surface area contributed by atoms with E-state index >= 15 is 0 Å². The van der Waals surface area contributed by atoms with Gasteiger partial charge in [-0.2, -0.15) is 0 Å². The van der Waals surface area contributed by atoms with Crippen LogP contribution in [0.5, 0.6) is 0 Å². The lowest BCUT2D eigenvalue weighted by Gasteiger charge is -2.07. The minimum Gasteiger partial charge on any atom is -0.396 e. The lowest BCUT2D eigenvalue weighted by molar-refractivity contribution is -0.115. The first kappa shape index (κ1) is 16.0. The molecule has 0 aliphatic heterocycles. The number of rotatable bonds is 7. The molecule has 106 valence electrons. The number of aliphatic hydroxyl groups excluding tert-OH is 1. The Morgan fingerprint density at radius 2 is 1.95 bits per heavy atom. The smallest absolute Gasteiger partial charge is 0.238 e. The normalized spacial score (nSPS) is 13.7. The van der Waals surface area contributed by atoms with Crippen molar-refractivity contribution in [2.24, 2.45) is 5.92 Å². The molecule has 3 N–H and O–H groups in total. The second-order valence-corrected chi connectivity index (χ2v) is 4.79. The number of aliphatic hydroxyl groups is 1. The molecule has 0 unspecified atom stereocenters. The molecule has 1 aromatic rings. The third kappa shape index (κ3) is 6.05.